The summed E-state index contributed by atoms with van der Waals surface area (Å²) in [5, 5.41) is 9.06. The number of nitrogens with zero attached hydrogens (tertiary/aromatic N) is 2. The van der Waals surface area contributed by atoms with Crippen LogP contribution in [0.15, 0.2) is 23.0 Å². The number of hydrogen-bond donors (Lipinski definition) is 1. The molecule has 0 spiro atoms. The molecular formula is C14H15N3O. The Labute approximate surface area is 105 Å². The molecule has 1 aliphatic carbocycles. The zero-order valence-electron chi connectivity index (χ0n) is 10.1. The van der Waals surface area contributed by atoms with Crippen LogP contribution in [0.2, 0.25) is 0 Å². The highest BCUT2D eigenvalue weighted by atomic mass is 16.1. The van der Waals surface area contributed by atoms with Crippen LogP contribution in [0.3, 0.4) is 0 Å². The minimum Gasteiger partial charge on any atom is -0.304 e. The fourth-order valence-electron chi connectivity index (χ4n) is 2.94. The maximum Gasteiger partial charge on any atom is 0.326 e. The molecule has 0 atom stereocenters. The standard InChI is InChI=1S/C14H15N3O/c15-9-10-5-4-8-12-13(10)16-14(18)17(12)11-6-2-1-3-7-11/h4-5,8,11H,1-3,6-7H2,(H,16,18). The average molecular weight is 241 g/mol. The van der Waals surface area contributed by atoms with Crippen LogP contribution in [-0.2, 0) is 0 Å². The Bertz CT molecular complexity index is 668. The fourth-order valence-corrected chi connectivity index (χ4v) is 2.94. The number of aromatic amines is 1. The Hall–Kier alpha value is -2.02. The summed E-state index contributed by atoms with van der Waals surface area (Å²) in [4.78, 5) is 14.9. The van der Waals surface area contributed by atoms with Gasteiger partial charge in [0.05, 0.1) is 16.6 Å². The molecule has 1 N–H and O–H groups in total. The molecule has 0 saturated heterocycles. The lowest BCUT2D eigenvalue weighted by atomic mass is 9.95. The van der Waals surface area contributed by atoms with Crippen molar-refractivity contribution < 1.29 is 0 Å². The van der Waals surface area contributed by atoms with Crippen LogP contribution < -0.4 is 5.69 Å². The van der Waals surface area contributed by atoms with E-state index in [0.29, 0.717) is 11.1 Å². The second-order valence-electron chi connectivity index (χ2n) is 4.90. The van der Waals surface area contributed by atoms with Crippen LogP contribution in [-0.4, -0.2) is 9.55 Å². The first-order valence-corrected chi connectivity index (χ1v) is 6.44. The first-order chi connectivity index (χ1) is 8.81. The molecule has 0 amide bonds. The van der Waals surface area contributed by atoms with Gasteiger partial charge in [0.1, 0.15) is 6.07 Å². The molecule has 0 unspecified atom stereocenters. The Morgan fingerprint density at radius 2 is 2.06 bits per heavy atom. The summed E-state index contributed by atoms with van der Waals surface area (Å²) in [6, 6.07) is 7.92. The highest BCUT2D eigenvalue weighted by Crippen LogP contribution is 2.29. The molecule has 1 aromatic heterocycles. The molecule has 4 heteroatoms. The molecule has 1 aromatic carbocycles. The number of hydrogen-bond acceptors (Lipinski definition) is 2. The molecule has 2 aromatic rings. The predicted octanol–water partition coefficient (Wildman–Crippen LogP) is 2.71. The van der Waals surface area contributed by atoms with Crippen molar-refractivity contribution in [3.63, 3.8) is 0 Å². The van der Waals surface area contributed by atoms with E-state index in [1.54, 1.807) is 6.07 Å². The van der Waals surface area contributed by atoms with Gasteiger partial charge < -0.3 is 4.98 Å². The van der Waals surface area contributed by atoms with Crippen LogP contribution in [0.4, 0.5) is 0 Å². The van der Waals surface area contributed by atoms with Crippen molar-refractivity contribution in [1.29, 1.82) is 5.26 Å². The number of benzene rings is 1. The Morgan fingerprint density at radius 1 is 1.28 bits per heavy atom. The molecule has 0 aliphatic heterocycles. The second-order valence-corrected chi connectivity index (χ2v) is 4.90. The molecule has 1 fully saturated rings. The minimum absolute atomic E-state index is 0.0837. The molecule has 92 valence electrons. The maximum absolute atomic E-state index is 12.1. The summed E-state index contributed by atoms with van der Waals surface area (Å²) < 4.78 is 1.84. The molecule has 0 bridgehead atoms. The SMILES string of the molecule is N#Cc1cccc2c1[nH]c(=O)n2C1CCCCC1. The van der Waals surface area contributed by atoms with Crippen molar-refractivity contribution in [1.82, 2.24) is 9.55 Å². The summed E-state index contributed by atoms with van der Waals surface area (Å²) in [5.74, 6) is 0. The maximum atomic E-state index is 12.1. The van der Waals surface area contributed by atoms with Crippen molar-refractivity contribution >= 4 is 11.0 Å². The van der Waals surface area contributed by atoms with Crippen LogP contribution in [0.5, 0.6) is 0 Å². The van der Waals surface area contributed by atoms with Crippen LogP contribution in [0.25, 0.3) is 11.0 Å². The number of nitriles is 1. The number of rotatable bonds is 1. The van der Waals surface area contributed by atoms with Gasteiger partial charge in [-0.1, -0.05) is 25.3 Å². The van der Waals surface area contributed by atoms with Crippen molar-refractivity contribution in [2.24, 2.45) is 0 Å². The Morgan fingerprint density at radius 3 is 2.78 bits per heavy atom. The van der Waals surface area contributed by atoms with E-state index in [2.05, 4.69) is 11.1 Å². The zero-order chi connectivity index (χ0) is 12.5. The van der Waals surface area contributed by atoms with E-state index in [-0.39, 0.29) is 11.7 Å². The third-order valence-electron chi connectivity index (χ3n) is 3.81. The predicted molar refractivity (Wildman–Crippen MR) is 69.4 cm³/mol. The molecule has 4 nitrogen and oxygen atoms in total. The van der Waals surface area contributed by atoms with Gasteiger partial charge >= 0.3 is 5.69 Å². The van der Waals surface area contributed by atoms with Gasteiger partial charge in [-0.2, -0.15) is 5.26 Å². The van der Waals surface area contributed by atoms with Crippen molar-refractivity contribution in [2.45, 2.75) is 38.1 Å². The lowest BCUT2D eigenvalue weighted by molar-refractivity contribution is 0.353. The molecule has 18 heavy (non-hydrogen) atoms. The van der Waals surface area contributed by atoms with Crippen molar-refractivity contribution in [3.8, 4) is 6.07 Å². The number of aromatic nitrogens is 2. The summed E-state index contributed by atoms with van der Waals surface area (Å²) in [7, 11) is 0. The van der Waals surface area contributed by atoms with E-state index < -0.39 is 0 Å². The van der Waals surface area contributed by atoms with E-state index in [9.17, 15) is 4.79 Å². The molecule has 1 aliphatic rings. The largest absolute Gasteiger partial charge is 0.326 e. The van der Waals surface area contributed by atoms with E-state index in [4.69, 9.17) is 5.26 Å². The lowest BCUT2D eigenvalue weighted by Gasteiger charge is -2.22. The van der Waals surface area contributed by atoms with Crippen molar-refractivity contribution in [2.75, 3.05) is 0 Å². The van der Waals surface area contributed by atoms with Crippen LogP contribution in [0, 0.1) is 11.3 Å². The summed E-state index contributed by atoms with van der Waals surface area (Å²) in [6.45, 7) is 0. The number of fused-ring (bicyclic) bond motifs is 1. The van der Waals surface area contributed by atoms with Crippen molar-refractivity contribution in [3.05, 3.63) is 34.2 Å². The number of imidazole rings is 1. The molecular weight excluding hydrogens is 226 g/mol. The van der Waals surface area contributed by atoms with E-state index >= 15 is 0 Å². The second kappa shape index (κ2) is 4.34. The van der Waals surface area contributed by atoms with Gasteiger partial charge in [-0.25, -0.2) is 4.79 Å². The third kappa shape index (κ3) is 1.63. The first-order valence-electron chi connectivity index (χ1n) is 6.44. The zero-order valence-corrected chi connectivity index (χ0v) is 10.1. The van der Waals surface area contributed by atoms with Crippen LogP contribution >= 0.6 is 0 Å². The van der Waals surface area contributed by atoms with E-state index in [1.165, 1.54) is 19.3 Å². The highest BCUT2D eigenvalue weighted by molar-refractivity contribution is 5.81. The van der Waals surface area contributed by atoms with Gasteiger partial charge in [-0.3, -0.25) is 4.57 Å². The Balaban J connectivity index is 2.20. The first kappa shape index (κ1) is 11.1. The average Bonchev–Trinajstić information content (AvgIpc) is 2.75. The summed E-state index contributed by atoms with van der Waals surface area (Å²) in [5.41, 5.74) is 2.00. The van der Waals surface area contributed by atoms with Gasteiger partial charge in [0, 0.05) is 6.04 Å². The smallest absolute Gasteiger partial charge is 0.304 e. The van der Waals surface area contributed by atoms with E-state index in [1.807, 2.05) is 16.7 Å². The fraction of sp³-hybridized carbons (Fsp3) is 0.429. The molecule has 0 radical (unpaired) electrons. The highest BCUT2D eigenvalue weighted by Gasteiger charge is 2.20. The molecule has 3 rings (SSSR count). The van der Waals surface area contributed by atoms with E-state index in [0.717, 1.165) is 18.4 Å². The van der Waals surface area contributed by atoms with Gasteiger partial charge in [-0.05, 0) is 25.0 Å². The van der Waals surface area contributed by atoms with Gasteiger partial charge in [0.15, 0.2) is 0 Å². The monoisotopic (exact) mass is 241 g/mol. The van der Waals surface area contributed by atoms with Gasteiger partial charge in [0.25, 0.3) is 0 Å². The Kier molecular flexibility index (Phi) is 2.67. The van der Waals surface area contributed by atoms with Gasteiger partial charge in [-0.15, -0.1) is 0 Å². The summed E-state index contributed by atoms with van der Waals surface area (Å²) in [6.07, 6.45) is 5.74. The topological polar surface area (TPSA) is 61.6 Å². The minimum atomic E-state index is -0.0837. The normalized spacial score (nSPS) is 16.8. The lowest BCUT2D eigenvalue weighted by Crippen LogP contribution is -2.23. The number of H-pyrrole nitrogens is 1. The van der Waals surface area contributed by atoms with Gasteiger partial charge in [0.2, 0.25) is 0 Å². The molecule has 1 heterocycles. The third-order valence-corrected chi connectivity index (χ3v) is 3.81. The number of nitrogens with one attached hydrogen (secondary N) is 1. The summed E-state index contributed by atoms with van der Waals surface area (Å²) >= 11 is 0. The quantitative estimate of drug-likeness (QED) is 0.834. The van der Waals surface area contributed by atoms with Crippen LogP contribution in [0.1, 0.15) is 43.7 Å². The number of para-hydroxylation sites is 1. The molecule has 1 saturated carbocycles.